The molecule has 0 aliphatic heterocycles. The topological polar surface area (TPSA) is 85.7 Å². The number of nitrogens with one attached hydrogen (secondary N) is 1. The van der Waals surface area contributed by atoms with Crippen molar-refractivity contribution in [2.24, 2.45) is 0 Å². The molecule has 2 aromatic carbocycles. The lowest BCUT2D eigenvalue weighted by Crippen LogP contribution is -1.99. The first-order valence-electron chi connectivity index (χ1n) is 7.01. The number of hydrogen-bond donors (Lipinski definition) is 2. The average Bonchev–Trinajstić information content (AvgIpc) is 2.62. The molecule has 1 heterocycles. The Balaban J connectivity index is 2.10. The van der Waals surface area contributed by atoms with Crippen LogP contribution in [0.3, 0.4) is 0 Å². The fourth-order valence-corrected chi connectivity index (χ4v) is 2.24. The summed E-state index contributed by atoms with van der Waals surface area (Å²) in [5.41, 5.74) is 1.77. The number of rotatable bonds is 5. The molecule has 130 valence electrons. The van der Waals surface area contributed by atoms with Gasteiger partial charge < -0.3 is 14.2 Å². The third kappa shape index (κ3) is 3.09. The van der Waals surface area contributed by atoms with Gasteiger partial charge in [-0.25, -0.2) is 18.7 Å². The first kappa shape index (κ1) is 16.7. The second kappa shape index (κ2) is 6.73. The first-order chi connectivity index (χ1) is 12.1. The summed E-state index contributed by atoms with van der Waals surface area (Å²) in [5.74, 6) is -1.35. The molecule has 0 radical (unpaired) electrons. The average molecular weight is 349 g/mol. The summed E-state index contributed by atoms with van der Waals surface area (Å²) in [7, 11) is 2.95. The highest BCUT2D eigenvalue weighted by molar-refractivity contribution is 5.87. The molecule has 25 heavy (non-hydrogen) atoms. The van der Waals surface area contributed by atoms with E-state index in [9.17, 15) is 8.78 Å². The van der Waals surface area contributed by atoms with Crippen LogP contribution in [0.5, 0.6) is 23.1 Å². The zero-order chi connectivity index (χ0) is 18.0. The quantitative estimate of drug-likeness (QED) is 0.682. The Hall–Kier alpha value is -3.20. The Bertz CT molecular complexity index is 937. The maximum atomic E-state index is 14.0. The second-order valence-corrected chi connectivity index (χ2v) is 4.88. The highest BCUT2D eigenvalue weighted by atomic mass is 19.1. The van der Waals surface area contributed by atoms with E-state index in [1.165, 1.54) is 20.5 Å². The van der Waals surface area contributed by atoms with Crippen molar-refractivity contribution >= 4 is 16.6 Å². The molecule has 0 amide bonds. The Kier molecular flexibility index (Phi) is 4.48. The van der Waals surface area contributed by atoms with Crippen molar-refractivity contribution in [1.82, 2.24) is 9.97 Å². The van der Waals surface area contributed by atoms with Crippen LogP contribution in [-0.4, -0.2) is 29.4 Å². The molecule has 3 rings (SSSR count). The predicted octanol–water partition coefficient (Wildman–Crippen LogP) is 3.52. The maximum Gasteiger partial charge on any atom is 0.230 e. The molecule has 0 unspecified atom stereocenters. The Labute approximate surface area is 140 Å². The van der Waals surface area contributed by atoms with E-state index in [0.717, 1.165) is 6.07 Å². The molecular weight excluding hydrogens is 336 g/mol. The zero-order valence-corrected chi connectivity index (χ0v) is 13.2. The lowest BCUT2D eigenvalue weighted by Gasteiger charge is -2.12. The molecule has 9 heteroatoms. The van der Waals surface area contributed by atoms with Crippen molar-refractivity contribution < 1.29 is 28.2 Å². The van der Waals surface area contributed by atoms with Crippen molar-refractivity contribution in [3.8, 4) is 23.1 Å². The summed E-state index contributed by atoms with van der Waals surface area (Å²) in [6.45, 7) is 0. The van der Waals surface area contributed by atoms with Crippen LogP contribution < -0.4 is 19.7 Å². The summed E-state index contributed by atoms with van der Waals surface area (Å²) in [6, 6.07) is 4.75. The summed E-state index contributed by atoms with van der Waals surface area (Å²) in [6.07, 6.45) is 1.23. The van der Waals surface area contributed by atoms with Gasteiger partial charge >= 0.3 is 0 Å². The summed E-state index contributed by atoms with van der Waals surface area (Å²) in [5, 5.41) is 9.31. The minimum Gasteiger partial charge on any atom is -0.493 e. The van der Waals surface area contributed by atoms with Gasteiger partial charge in [-0.2, -0.15) is 0 Å². The van der Waals surface area contributed by atoms with E-state index in [4.69, 9.17) is 19.4 Å². The molecule has 7 nitrogen and oxygen atoms in total. The van der Waals surface area contributed by atoms with Gasteiger partial charge in [0.05, 0.1) is 30.8 Å². The van der Waals surface area contributed by atoms with E-state index < -0.39 is 11.6 Å². The van der Waals surface area contributed by atoms with Crippen LogP contribution >= 0.6 is 0 Å². The molecule has 0 spiro atoms. The van der Waals surface area contributed by atoms with Crippen molar-refractivity contribution in [3.63, 3.8) is 0 Å². The number of methoxy groups -OCH3 is 2. The molecule has 0 saturated carbocycles. The van der Waals surface area contributed by atoms with Crippen LogP contribution in [0.4, 0.5) is 14.5 Å². The van der Waals surface area contributed by atoms with E-state index in [-0.39, 0.29) is 17.3 Å². The molecule has 3 aromatic rings. The number of ether oxygens (including phenoxy) is 3. The summed E-state index contributed by atoms with van der Waals surface area (Å²) in [4.78, 5) is 8.08. The predicted molar refractivity (Wildman–Crippen MR) is 84.5 cm³/mol. The number of fused-ring (bicyclic) bond motifs is 1. The van der Waals surface area contributed by atoms with Crippen LogP contribution in [0.15, 0.2) is 30.6 Å². The Morgan fingerprint density at radius 2 is 1.64 bits per heavy atom. The van der Waals surface area contributed by atoms with E-state index in [0.29, 0.717) is 28.5 Å². The lowest BCUT2D eigenvalue weighted by molar-refractivity contribution is 0.355. The monoisotopic (exact) mass is 349 g/mol. The lowest BCUT2D eigenvalue weighted by atomic mass is 10.2. The molecule has 0 saturated heterocycles. The molecule has 0 bridgehead atoms. The SMILES string of the molecule is COc1cc2ncnc(Oc3cc(NO)c(F)cc3F)c2cc1OC. The first-order valence-corrected chi connectivity index (χ1v) is 7.01. The number of hydrogen-bond acceptors (Lipinski definition) is 7. The van der Waals surface area contributed by atoms with E-state index in [2.05, 4.69) is 9.97 Å². The van der Waals surface area contributed by atoms with Crippen molar-refractivity contribution in [3.05, 3.63) is 42.2 Å². The van der Waals surface area contributed by atoms with Gasteiger partial charge in [-0.1, -0.05) is 0 Å². The van der Waals surface area contributed by atoms with Gasteiger partial charge in [0.2, 0.25) is 5.88 Å². The fraction of sp³-hybridized carbons (Fsp3) is 0.125. The van der Waals surface area contributed by atoms with Crippen molar-refractivity contribution in [2.75, 3.05) is 19.7 Å². The molecule has 0 aliphatic carbocycles. The van der Waals surface area contributed by atoms with Gasteiger partial charge in [-0.05, 0) is 6.07 Å². The molecule has 0 fully saturated rings. The van der Waals surface area contributed by atoms with Crippen LogP contribution in [-0.2, 0) is 0 Å². The highest BCUT2D eigenvalue weighted by Crippen LogP contribution is 2.36. The van der Waals surface area contributed by atoms with E-state index in [1.54, 1.807) is 17.6 Å². The number of anilines is 1. The van der Waals surface area contributed by atoms with Crippen molar-refractivity contribution in [1.29, 1.82) is 0 Å². The van der Waals surface area contributed by atoms with E-state index >= 15 is 0 Å². The molecular formula is C16H13F2N3O4. The highest BCUT2D eigenvalue weighted by Gasteiger charge is 2.16. The molecule has 0 atom stereocenters. The third-order valence-corrected chi connectivity index (χ3v) is 3.45. The summed E-state index contributed by atoms with van der Waals surface area (Å²) >= 11 is 0. The molecule has 2 N–H and O–H groups in total. The standard InChI is InChI=1S/C16H13F2N3O4/c1-23-14-3-8-11(5-15(14)24-2)19-7-20-16(8)25-13-6-12(21-22)9(17)4-10(13)18/h3-7,21-22H,1-2H3. The van der Waals surface area contributed by atoms with Crippen LogP contribution in [0.2, 0.25) is 0 Å². The third-order valence-electron chi connectivity index (χ3n) is 3.45. The van der Waals surface area contributed by atoms with Gasteiger partial charge in [-0.3, -0.25) is 10.7 Å². The maximum absolute atomic E-state index is 14.0. The minimum atomic E-state index is -0.966. The smallest absolute Gasteiger partial charge is 0.230 e. The van der Waals surface area contributed by atoms with Gasteiger partial charge in [-0.15, -0.1) is 0 Å². The second-order valence-electron chi connectivity index (χ2n) is 4.88. The van der Waals surface area contributed by atoms with Crippen molar-refractivity contribution in [2.45, 2.75) is 0 Å². The largest absolute Gasteiger partial charge is 0.493 e. The normalized spacial score (nSPS) is 10.6. The van der Waals surface area contributed by atoms with Gasteiger partial charge in [0.15, 0.2) is 28.9 Å². The van der Waals surface area contributed by atoms with Crippen LogP contribution in [0.1, 0.15) is 0 Å². The minimum absolute atomic E-state index is 0.0281. The Morgan fingerprint density at radius 1 is 0.920 bits per heavy atom. The van der Waals surface area contributed by atoms with Gasteiger partial charge in [0.25, 0.3) is 0 Å². The Morgan fingerprint density at radius 3 is 2.32 bits per heavy atom. The molecule has 0 aliphatic rings. The van der Waals surface area contributed by atoms with Crippen LogP contribution in [0.25, 0.3) is 10.9 Å². The van der Waals surface area contributed by atoms with Crippen LogP contribution in [0, 0.1) is 11.6 Å². The number of halogens is 2. The number of nitrogens with zero attached hydrogens (tertiary/aromatic N) is 2. The molecule has 1 aromatic heterocycles. The summed E-state index contributed by atoms with van der Waals surface area (Å²) < 4.78 is 43.3. The number of aromatic nitrogens is 2. The number of benzene rings is 2. The fourth-order valence-electron chi connectivity index (χ4n) is 2.24. The van der Waals surface area contributed by atoms with E-state index in [1.807, 2.05) is 0 Å². The zero-order valence-electron chi connectivity index (χ0n) is 13.2. The van der Waals surface area contributed by atoms with Gasteiger partial charge in [0.1, 0.15) is 6.33 Å². The van der Waals surface area contributed by atoms with Gasteiger partial charge in [0, 0.05) is 18.2 Å².